The fourth-order valence-electron chi connectivity index (χ4n) is 1.86. The number of hydrogen-bond acceptors (Lipinski definition) is 5. The Bertz CT molecular complexity index is 355. The van der Waals surface area contributed by atoms with Crippen molar-refractivity contribution in [2.45, 2.75) is 32.4 Å². The van der Waals surface area contributed by atoms with Gasteiger partial charge in [0.05, 0.1) is 24.9 Å². The van der Waals surface area contributed by atoms with Crippen molar-refractivity contribution in [1.82, 2.24) is 10.4 Å². The molecule has 5 heteroatoms. The molecule has 1 heterocycles. The Hall–Kier alpha value is -1.17. The maximum atomic E-state index is 5.70. The van der Waals surface area contributed by atoms with Crippen LogP contribution in [-0.2, 0) is 4.74 Å². The van der Waals surface area contributed by atoms with Crippen LogP contribution in [0, 0.1) is 0 Å². The molecule has 1 rings (SSSR count). The van der Waals surface area contributed by atoms with E-state index in [4.69, 9.17) is 15.3 Å². The molecule has 0 fully saturated rings. The van der Waals surface area contributed by atoms with Crippen molar-refractivity contribution < 1.29 is 9.47 Å². The number of hydrazine groups is 1. The third-order valence-corrected chi connectivity index (χ3v) is 2.68. The van der Waals surface area contributed by atoms with E-state index in [1.165, 1.54) is 0 Å². The SMILES string of the molecule is CCOC(C)(C)C(NN)c1cncc(OC)c1. The Labute approximate surface area is 102 Å². The van der Waals surface area contributed by atoms with Gasteiger partial charge < -0.3 is 9.47 Å². The molecule has 0 aromatic carbocycles. The van der Waals surface area contributed by atoms with Crippen molar-refractivity contribution in [2.75, 3.05) is 13.7 Å². The summed E-state index contributed by atoms with van der Waals surface area (Å²) in [5.41, 5.74) is 3.29. The molecule has 0 aliphatic carbocycles. The zero-order valence-corrected chi connectivity index (χ0v) is 10.9. The molecule has 1 atom stereocenters. The Balaban J connectivity index is 3.00. The molecular formula is C12H21N3O2. The van der Waals surface area contributed by atoms with E-state index in [0.717, 1.165) is 5.56 Å². The zero-order chi connectivity index (χ0) is 12.9. The van der Waals surface area contributed by atoms with Gasteiger partial charge in [0, 0.05) is 12.8 Å². The predicted octanol–water partition coefficient (Wildman–Crippen LogP) is 1.41. The lowest BCUT2D eigenvalue weighted by Crippen LogP contribution is -2.44. The number of nitrogens with two attached hydrogens (primary N) is 1. The second-order valence-electron chi connectivity index (χ2n) is 4.29. The fraction of sp³-hybridized carbons (Fsp3) is 0.583. The maximum absolute atomic E-state index is 5.70. The van der Waals surface area contributed by atoms with E-state index in [0.29, 0.717) is 12.4 Å². The van der Waals surface area contributed by atoms with E-state index in [1.807, 2.05) is 26.8 Å². The monoisotopic (exact) mass is 239 g/mol. The molecule has 0 spiro atoms. The van der Waals surface area contributed by atoms with Gasteiger partial charge in [-0.25, -0.2) is 0 Å². The lowest BCUT2D eigenvalue weighted by molar-refractivity contribution is -0.0393. The van der Waals surface area contributed by atoms with Crippen molar-refractivity contribution >= 4 is 0 Å². The summed E-state index contributed by atoms with van der Waals surface area (Å²) in [5.74, 6) is 6.32. The minimum Gasteiger partial charge on any atom is -0.495 e. The van der Waals surface area contributed by atoms with Crippen LogP contribution in [-0.4, -0.2) is 24.3 Å². The average molecular weight is 239 g/mol. The number of nitrogens with one attached hydrogen (secondary N) is 1. The number of hydrogen-bond donors (Lipinski definition) is 2. The first kappa shape index (κ1) is 13.9. The molecule has 1 unspecified atom stereocenters. The molecule has 1 aromatic rings. The van der Waals surface area contributed by atoms with Gasteiger partial charge >= 0.3 is 0 Å². The summed E-state index contributed by atoms with van der Waals surface area (Å²) in [5, 5.41) is 0. The van der Waals surface area contributed by atoms with Crippen LogP contribution in [0.2, 0.25) is 0 Å². The van der Waals surface area contributed by atoms with Crippen molar-refractivity contribution in [3.05, 3.63) is 24.0 Å². The van der Waals surface area contributed by atoms with Gasteiger partial charge in [-0.2, -0.15) is 0 Å². The molecular weight excluding hydrogens is 218 g/mol. The highest BCUT2D eigenvalue weighted by Crippen LogP contribution is 2.29. The normalized spacial score (nSPS) is 13.5. The molecule has 0 aliphatic heterocycles. The molecule has 3 N–H and O–H groups in total. The first-order valence-electron chi connectivity index (χ1n) is 5.64. The summed E-state index contributed by atoms with van der Waals surface area (Å²) in [6, 6.07) is 1.75. The molecule has 96 valence electrons. The van der Waals surface area contributed by atoms with Crippen molar-refractivity contribution in [1.29, 1.82) is 0 Å². The summed E-state index contributed by atoms with van der Waals surface area (Å²) in [4.78, 5) is 4.12. The Morgan fingerprint density at radius 3 is 2.71 bits per heavy atom. The molecule has 0 radical (unpaired) electrons. The third kappa shape index (κ3) is 3.39. The summed E-state index contributed by atoms with van der Waals surface area (Å²) in [6.45, 7) is 6.56. The molecule has 1 aromatic heterocycles. The van der Waals surface area contributed by atoms with Crippen LogP contribution in [0.4, 0.5) is 0 Å². The van der Waals surface area contributed by atoms with Crippen LogP contribution in [0.5, 0.6) is 5.75 Å². The first-order valence-corrected chi connectivity index (χ1v) is 5.64. The lowest BCUT2D eigenvalue weighted by atomic mass is 9.93. The quantitative estimate of drug-likeness (QED) is 0.580. The number of rotatable bonds is 6. The van der Waals surface area contributed by atoms with Crippen molar-refractivity contribution in [3.63, 3.8) is 0 Å². The van der Waals surface area contributed by atoms with Crippen LogP contribution < -0.4 is 16.0 Å². The topological polar surface area (TPSA) is 69.4 Å². The van der Waals surface area contributed by atoms with Crippen LogP contribution >= 0.6 is 0 Å². The number of methoxy groups -OCH3 is 1. The second kappa shape index (κ2) is 5.95. The summed E-state index contributed by atoms with van der Waals surface area (Å²) < 4.78 is 10.8. The smallest absolute Gasteiger partial charge is 0.137 e. The van der Waals surface area contributed by atoms with Gasteiger partial charge in [-0.05, 0) is 32.4 Å². The fourth-order valence-corrected chi connectivity index (χ4v) is 1.86. The molecule has 0 aliphatic rings. The highest BCUT2D eigenvalue weighted by molar-refractivity contribution is 5.27. The van der Waals surface area contributed by atoms with Crippen molar-refractivity contribution in [3.8, 4) is 5.75 Å². The third-order valence-electron chi connectivity index (χ3n) is 2.68. The molecule has 0 amide bonds. The van der Waals surface area contributed by atoms with Crippen molar-refractivity contribution in [2.24, 2.45) is 5.84 Å². The molecule has 0 saturated carbocycles. The minimum atomic E-state index is -0.419. The summed E-state index contributed by atoms with van der Waals surface area (Å²) in [7, 11) is 1.61. The predicted molar refractivity (Wildman–Crippen MR) is 66.6 cm³/mol. The number of aromatic nitrogens is 1. The highest BCUT2D eigenvalue weighted by Gasteiger charge is 2.31. The van der Waals surface area contributed by atoms with Gasteiger partial charge in [0.15, 0.2) is 0 Å². The Morgan fingerprint density at radius 2 is 2.18 bits per heavy atom. The molecule has 0 bridgehead atoms. The van der Waals surface area contributed by atoms with Crippen LogP contribution in [0.3, 0.4) is 0 Å². The van der Waals surface area contributed by atoms with E-state index >= 15 is 0 Å². The van der Waals surface area contributed by atoms with E-state index in [2.05, 4.69) is 10.4 Å². The van der Waals surface area contributed by atoms with E-state index in [1.54, 1.807) is 19.5 Å². The van der Waals surface area contributed by atoms with Gasteiger partial charge in [-0.3, -0.25) is 16.3 Å². The maximum Gasteiger partial charge on any atom is 0.137 e. The number of nitrogens with zero attached hydrogens (tertiary/aromatic N) is 1. The lowest BCUT2D eigenvalue weighted by Gasteiger charge is -2.33. The summed E-state index contributed by atoms with van der Waals surface area (Å²) in [6.07, 6.45) is 3.42. The van der Waals surface area contributed by atoms with Gasteiger partial charge in [0.2, 0.25) is 0 Å². The standard InChI is InChI=1S/C12H21N3O2/c1-5-17-12(2,3)11(15-13)9-6-10(16-4)8-14-7-9/h6-8,11,15H,5,13H2,1-4H3. The van der Waals surface area contributed by atoms with E-state index in [-0.39, 0.29) is 6.04 Å². The van der Waals surface area contributed by atoms with Crippen LogP contribution in [0.25, 0.3) is 0 Å². The largest absolute Gasteiger partial charge is 0.495 e. The van der Waals surface area contributed by atoms with Crippen LogP contribution in [0.15, 0.2) is 18.5 Å². The molecule has 5 nitrogen and oxygen atoms in total. The molecule has 17 heavy (non-hydrogen) atoms. The van der Waals surface area contributed by atoms with Crippen LogP contribution in [0.1, 0.15) is 32.4 Å². The molecule has 0 saturated heterocycles. The highest BCUT2D eigenvalue weighted by atomic mass is 16.5. The number of ether oxygens (including phenoxy) is 2. The Morgan fingerprint density at radius 1 is 1.47 bits per heavy atom. The van der Waals surface area contributed by atoms with Gasteiger partial charge in [0.1, 0.15) is 5.75 Å². The minimum absolute atomic E-state index is 0.148. The van der Waals surface area contributed by atoms with Gasteiger partial charge in [-0.15, -0.1) is 0 Å². The zero-order valence-electron chi connectivity index (χ0n) is 10.9. The van der Waals surface area contributed by atoms with Gasteiger partial charge in [-0.1, -0.05) is 0 Å². The summed E-state index contributed by atoms with van der Waals surface area (Å²) >= 11 is 0. The van der Waals surface area contributed by atoms with Gasteiger partial charge in [0.25, 0.3) is 0 Å². The first-order chi connectivity index (χ1) is 8.05. The Kier molecular flexibility index (Phi) is 4.86. The second-order valence-corrected chi connectivity index (χ2v) is 4.29. The van der Waals surface area contributed by atoms with E-state index in [9.17, 15) is 0 Å². The number of pyridine rings is 1. The van der Waals surface area contributed by atoms with E-state index < -0.39 is 5.60 Å². The average Bonchev–Trinajstić information content (AvgIpc) is 2.29.